The van der Waals surface area contributed by atoms with Gasteiger partial charge in [-0.05, 0) is 23.6 Å². The van der Waals surface area contributed by atoms with Crippen LogP contribution in [0.25, 0.3) is 0 Å². The van der Waals surface area contributed by atoms with Crippen molar-refractivity contribution in [2.24, 2.45) is 0 Å². The Labute approximate surface area is 114 Å². The number of hydrogen-bond donors (Lipinski definition) is 1. The number of benzene rings is 2. The van der Waals surface area contributed by atoms with E-state index in [4.69, 9.17) is 4.74 Å². The van der Waals surface area contributed by atoms with Crippen LogP contribution in [-0.2, 0) is 17.8 Å². The van der Waals surface area contributed by atoms with E-state index in [1.165, 1.54) is 5.56 Å². The van der Waals surface area contributed by atoms with Gasteiger partial charge in [0.15, 0.2) is 0 Å². The van der Waals surface area contributed by atoms with Gasteiger partial charge in [-0.15, -0.1) is 0 Å². The molecule has 1 unspecified atom stereocenters. The fraction of sp³-hybridized carbons (Fsp3) is 0.294. The Morgan fingerprint density at radius 2 is 1.79 bits per heavy atom. The first kappa shape index (κ1) is 13.8. The van der Waals surface area contributed by atoms with Gasteiger partial charge in [-0.3, -0.25) is 0 Å². The van der Waals surface area contributed by atoms with Crippen molar-refractivity contribution in [3.05, 3.63) is 70.8 Å². The lowest BCUT2D eigenvalue weighted by Crippen LogP contribution is -2.03. The molecule has 0 saturated heterocycles. The fourth-order valence-electron chi connectivity index (χ4n) is 2.24. The number of rotatable bonds is 5. The SMILES string of the molecule is COCc1cccc(C(O)Cc2cccc(C)c2)c1. The van der Waals surface area contributed by atoms with E-state index in [2.05, 4.69) is 25.1 Å². The molecule has 0 spiro atoms. The first-order valence-electron chi connectivity index (χ1n) is 6.50. The lowest BCUT2D eigenvalue weighted by atomic mass is 9.99. The highest BCUT2D eigenvalue weighted by molar-refractivity contribution is 5.28. The van der Waals surface area contributed by atoms with Gasteiger partial charge < -0.3 is 9.84 Å². The summed E-state index contributed by atoms with van der Waals surface area (Å²) in [5.74, 6) is 0. The smallest absolute Gasteiger partial charge is 0.0830 e. The Morgan fingerprint density at radius 3 is 2.53 bits per heavy atom. The Morgan fingerprint density at radius 1 is 1.05 bits per heavy atom. The van der Waals surface area contributed by atoms with E-state index in [1.807, 2.05) is 30.3 Å². The molecule has 1 atom stereocenters. The van der Waals surface area contributed by atoms with E-state index in [0.29, 0.717) is 13.0 Å². The van der Waals surface area contributed by atoms with Crippen molar-refractivity contribution in [3.8, 4) is 0 Å². The highest BCUT2D eigenvalue weighted by Crippen LogP contribution is 2.20. The monoisotopic (exact) mass is 256 g/mol. The van der Waals surface area contributed by atoms with Crippen molar-refractivity contribution in [3.63, 3.8) is 0 Å². The van der Waals surface area contributed by atoms with E-state index in [-0.39, 0.29) is 0 Å². The molecule has 1 N–H and O–H groups in total. The van der Waals surface area contributed by atoms with Gasteiger partial charge in [0.2, 0.25) is 0 Å². The van der Waals surface area contributed by atoms with Crippen molar-refractivity contribution < 1.29 is 9.84 Å². The molecule has 0 fully saturated rings. The topological polar surface area (TPSA) is 29.5 Å². The average Bonchev–Trinajstić information content (AvgIpc) is 2.39. The third kappa shape index (κ3) is 3.91. The number of ether oxygens (including phenoxy) is 1. The van der Waals surface area contributed by atoms with Crippen LogP contribution in [0.4, 0.5) is 0 Å². The molecule has 0 aliphatic carbocycles. The zero-order valence-corrected chi connectivity index (χ0v) is 11.5. The van der Waals surface area contributed by atoms with Gasteiger partial charge in [0.25, 0.3) is 0 Å². The standard InChI is InChI=1S/C17H20O2/c1-13-5-3-6-14(9-13)11-17(18)16-8-4-7-15(10-16)12-19-2/h3-10,17-18H,11-12H2,1-2H3. The molecule has 0 bridgehead atoms. The third-order valence-electron chi connectivity index (χ3n) is 3.16. The zero-order valence-electron chi connectivity index (χ0n) is 11.5. The molecule has 0 aliphatic rings. The van der Waals surface area contributed by atoms with E-state index < -0.39 is 6.10 Å². The van der Waals surface area contributed by atoms with Crippen molar-refractivity contribution >= 4 is 0 Å². The summed E-state index contributed by atoms with van der Waals surface area (Å²) in [7, 11) is 1.68. The number of aliphatic hydroxyl groups is 1. The van der Waals surface area contributed by atoms with Crippen molar-refractivity contribution in [1.29, 1.82) is 0 Å². The maximum Gasteiger partial charge on any atom is 0.0830 e. The fourth-order valence-corrected chi connectivity index (χ4v) is 2.24. The first-order valence-corrected chi connectivity index (χ1v) is 6.50. The lowest BCUT2D eigenvalue weighted by molar-refractivity contribution is 0.175. The molecule has 2 heteroatoms. The molecule has 0 aromatic heterocycles. The van der Waals surface area contributed by atoms with Crippen molar-refractivity contribution in [1.82, 2.24) is 0 Å². The number of aryl methyl sites for hydroxylation is 1. The molecule has 0 radical (unpaired) electrons. The molecule has 100 valence electrons. The van der Waals surface area contributed by atoms with Crippen molar-refractivity contribution in [2.45, 2.75) is 26.1 Å². The predicted octanol–water partition coefficient (Wildman–Crippen LogP) is 3.42. The first-order chi connectivity index (χ1) is 9.19. The molecule has 2 rings (SSSR count). The van der Waals surface area contributed by atoms with Gasteiger partial charge in [0.05, 0.1) is 12.7 Å². The van der Waals surface area contributed by atoms with E-state index in [9.17, 15) is 5.11 Å². The summed E-state index contributed by atoms with van der Waals surface area (Å²) in [5.41, 5.74) is 4.40. The second-order valence-electron chi connectivity index (χ2n) is 4.89. The van der Waals surface area contributed by atoms with E-state index in [1.54, 1.807) is 7.11 Å². The van der Waals surface area contributed by atoms with Gasteiger partial charge in [0, 0.05) is 13.5 Å². The van der Waals surface area contributed by atoms with E-state index in [0.717, 1.165) is 16.7 Å². The molecule has 0 amide bonds. The van der Waals surface area contributed by atoms with Gasteiger partial charge >= 0.3 is 0 Å². The quantitative estimate of drug-likeness (QED) is 0.888. The summed E-state index contributed by atoms with van der Waals surface area (Å²) in [5, 5.41) is 10.3. The minimum atomic E-state index is -0.474. The van der Waals surface area contributed by atoms with Crippen LogP contribution < -0.4 is 0 Å². The highest BCUT2D eigenvalue weighted by atomic mass is 16.5. The van der Waals surface area contributed by atoms with Crippen LogP contribution >= 0.6 is 0 Å². The summed E-state index contributed by atoms with van der Waals surface area (Å²) in [4.78, 5) is 0. The molecule has 0 aliphatic heterocycles. The zero-order chi connectivity index (χ0) is 13.7. The Bertz CT molecular complexity index is 534. The van der Waals surface area contributed by atoms with Crippen LogP contribution in [0.3, 0.4) is 0 Å². The largest absolute Gasteiger partial charge is 0.388 e. The second kappa shape index (κ2) is 6.50. The predicted molar refractivity (Wildman–Crippen MR) is 77.0 cm³/mol. The molecular formula is C17H20O2. The maximum absolute atomic E-state index is 10.3. The molecule has 0 heterocycles. The molecule has 2 aromatic rings. The van der Waals surface area contributed by atoms with Gasteiger partial charge in [-0.1, -0.05) is 54.1 Å². The van der Waals surface area contributed by atoms with Crippen molar-refractivity contribution in [2.75, 3.05) is 7.11 Å². The van der Waals surface area contributed by atoms with Gasteiger partial charge in [-0.2, -0.15) is 0 Å². The Hall–Kier alpha value is -1.64. The van der Waals surface area contributed by atoms with Crippen LogP contribution in [0.1, 0.15) is 28.4 Å². The average molecular weight is 256 g/mol. The molecular weight excluding hydrogens is 236 g/mol. The van der Waals surface area contributed by atoms with Crippen LogP contribution in [0.5, 0.6) is 0 Å². The maximum atomic E-state index is 10.3. The lowest BCUT2D eigenvalue weighted by Gasteiger charge is -2.13. The summed E-state index contributed by atoms with van der Waals surface area (Å²) >= 11 is 0. The molecule has 2 nitrogen and oxygen atoms in total. The van der Waals surface area contributed by atoms with E-state index >= 15 is 0 Å². The number of aliphatic hydroxyl groups excluding tert-OH is 1. The summed E-state index contributed by atoms with van der Waals surface area (Å²) in [6.07, 6.45) is 0.164. The summed E-state index contributed by atoms with van der Waals surface area (Å²) in [6.45, 7) is 2.64. The van der Waals surface area contributed by atoms with Crippen LogP contribution in [0.2, 0.25) is 0 Å². The van der Waals surface area contributed by atoms with Crippen LogP contribution in [0, 0.1) is 6.92 Å². The highest BCUT2D eigenvalue weighted by Gasteiger charge is 2.09. The van der Waals surface area contributed by atoms with Crippen LogP contribution in [-0.4, -0.2) is 12.2 Å². The minimum absolute atomic E-state index is 0.474. The number of hydrogen-bond acceptors (Lipinski definition) is 2. The molecule has 19 heavy (non-hydrogen) atoms. The van der Waals surface area contributed by atoms with Gasteiger partial charge in [-0.25, -0.2) is 0 Å². The normalized spacial score (nSPS) is 12.4. The summed E-state index contributed by atoms with van der Waals surface area (Å²) in [6, 6.07) is 16.2. The number of methoxy groups -OCH3 is 1. The Balaban J connectivity index is 2.11. The Kier molecular flexibility index (Phi) is 4.72. The van der Waals surface area contributed by atoms with Crippen LogP contribution in [0.15, 0.2) is 48.5 Å². The second-order valence-corrected chi connectivity index (χ2v) is 4.89. The van der Waals surface area contributed by atoms with Gasteiger partial charge in [0.1, 0.15) is 0 Å². The minimum Gasteiger partial charge on any atom is -0.388 e. The molecule has 2 aromatic carbocycles. The summed E-state index contributed by atoms with van der Waals surface area (Å²) < 4.78 is 5.11. The third-order valence-corrected chi connectivity index (χ3v) is 3.16. The molecule has 0 saturated carbocycles.